The number of hydrogen-bond acceptors (Lipinski definition) is 5. The van der Waals surface area contributed by atoms with Gasteiger partial charge in [0.15, 0.2) is 0 Å². The molecule has 0 bridgehead atoms. The number of amides is 1. The van der Waals surface area contributed by atoms with Crippen LogP contribution in [-0.2, 0) is 9.53 Å². The number of thioether (sulfide) groups is 1. The topological polar surface area (TPSA) is 67.4 Å². The van der Waals surface area contributed by atoms with Crippen molar-refractivity contribution in [2.75, 3.05) is 18.1 Å². The average Bonchev–Trinajstić information content (AvgIpc) is 2.41. The van der Waals surface area contributed by atoms with Crippen LogP contribution in [0.2, 0.25) is 0 Å². The fourth-order valence-corrected chi connectivity index (χ4v) is 2.57. The summed E-state index contributed by atoms with van der Waals surface area (Å²) in [6, 6.07) is 7.20. The molecule has 1 aromatic carbocycles. The van der Waals surface area contributed by atoms with E-state index in [-0.39, 0.29) is 0 Å². The number of aldehydes is 1. The Labute approximate surface area is 129 Å². The normalized spacial score (nSPS) is 12.4. The maximum atomic E-state index is 11.6. The first-order valence-corrected chi connectivity index (χ1v) is 7.68. The Bertz CT molecular complexity index is 486. The second-order valence-electron chi connectivity index (χ2n) is 5.45. The summed E-state index contributed by atoms with van der Waals surface area (Å²) in [6.45, 7) is 5.33. The largest absolute Gasteiger partial charge is 0.444 e. The number of para-hydroxylation sites is 1. The molecule has 0 saturated carbocycles. The monoisotopic (exact) mass is 310 g/mol. The van der Waals surface area contributed by atoms with E-state index in [2.05, 4.69) is 10.6 Å². The van der Waals surface area contributed by atoms with Crippen LogP contribution in [0.25, 0.3) is 0 Å². The van der Waals surface area contributed by atoms with Crippen LogP contribution in [0.4, 0.5) is 10.5 Å². The van der Waals surface area contributed by atoms with Crippen LogP contribution in [0.5, 0.6) is 0 Å². The molecule has 5 nitrogen and oxygen atoms in total. The Morgan fingerprint density at radius 3 is 2.62 bits per heavy atom. The molecule has 0 unspecified atom stereocenters. The Balaban J connectivity index is 2.55. The lowest BCUT2D eigenvalue weighted by Gasteiger charge is -2.21. The molecule has 0 spiro atoms. The Kier molecular flexibility index (Phi) is 6.55. The fraction of sp³-hybridized carbons (Fsp3) is 0.467. The first-order valence-electron chi connectivity index (χ1n) is 6.70. The van der Waals surface area contributed by atoms with Crippen molar-refractivity contribution in [3.63, 3.8) is 0 Å². The quantitative estimate of drug-likeness (QED) is 0.624. The van der Waals surface area contributed by atoms with Crippen molar-refractivity contribution >= 4 is 29.8 Å². The van der Waals surface area contributed by atoms with E-state index in [4.69, 9.17) is 4.74 Å². The van der Waals surface area contributed by atoms with Gasteiger partial charge >= 0.3 is 6.09 Å². The summed E-state index contributed by atoms with van der Waals surface area (Å²) in [5.41, 5.74) is 0.410. The van der Waals surface area contributed by atoms with Crippen molar-refractivity contribution in [3.8, 4) is 0 Å². The van der Waals surface area contributed by atoms with E-state index in [1.165, 1.54) is 11.8 Å². The van der Waals surface area contributed by atoms with Gasteiger partial charge in [0.1, 0.15) is 11.9 Å². The minimum absolute atomic E-state index is 0.446. The summed E-state index contributed by atoms with van der Waals surface area (Å²) in [4.78, 5) is 23.8. The van der Waals surface area contributed by atoms with E-state index >= 15 is 0 Å². The van der Waals surface area contributed by atoms with Crippen LogP contribution in [-0.4, -0.2) is 36.8 Å². The Morgan fingerprint density at radius 2 is 2.05 bits per heavy atom. The Morgan fingerprint density at radius 1 is 1.38 bits per heavy atom. The molecular formula is C15H22N2O3S. The molecule has 1 amide bonds. The van der Waals surface area contributed by atoms with Gasteiger partial charge in [-0.05, 0) is 32.9 Å². The lowest BCUT2D eigenvalue weighted by Crippen LogP contribution is -2.41. The predicted molar refractivity (Wildman–Crippen MR) is 85.9 cm³/mol. The number of alkyl carbamates (subject to hydrolysis) is 1. The van der Waals surface area contributed by atoms with Gasteiger partial charge in [0.2, 0.25) is 0 Å². The molecule has 0 saturated heterocycles. The van der Waals surface area contributed by atoms with E-state index in [0.29, 0.717) is 5.75 Å². The number of anilines is 1. The predicted octanol–water partition coefficient (Wildman–Crippen LogP) is 2.91. The fourth-order valence-electron chi connectivity index (χ4n) is 1.55. The van der Waals surface area contributed by atoms with Crippen molar-refractivity contribution in [2.24, 2.45) is 0 Å². The highest BCUT2D eigenvalue weighted by Crippen LogP contribution is 2.26. The molecule has 1 aromatic rings. The number of rotatable bonds is 6. The third-order valence-electron chi connectivity index (χ3n) is 2.44. The van der Waals surface area contributed by atoms with Gasteiger partial charge in [-0.2, -0.15) is 0 Å². The summed E-state index contributed by atoms with van der Waals surface area (Å²) in [5, 5.41) is 5.65. The van der Waals surface area contributed by atoms with Crippen LogP contribution >= 0.6 is 11.8 Å². The molecule has 0 fully saturated rings. The van der Waals surface area contributed by atoms with Crippen LogP contribution in [0, 0.1) is 0 Å². The lowest BCUT2D eigenvalue weighted by atomic mass is 10.2. The van der Waals surface area contributed by atoms with E-state index < -0.39 is 17.7 Å². The number of carbonyl (C=O) groups excluding carboxylic acids is 2. The highest BCUT2D eigenvalue weighted by molar-refractivity contribution is 7.99. The summed E-state index contributed by atoms with van der Waals surface area (Å²) >= 11 is 1.50. The van der Waals surface area contributed by atoms with Crippen molar-refractivity contribution in [3.05, 3.63) is 24.3 Å². The maximum Gasteiger partial charge on any atom is 0.408 e. The zero-order valence-electron chi connectivity index (χ0n) is 12.8. The summed E-state index contributed by atoms with van der Waals surface area (Å²) in [7, 11) is 1.84. The first-order chi connectivity index (χ1) is 9.85. The minimum Gasteiger partial charge on any atom is -0.444 e. The second-order valence-corrected chi connectivity index (χ2v) is 6.51. The summed E-state index contributed by atoms with van der Waals surface area (Å²) < 4.78 is 5.14. The van der Waals surface area contributed by atoms with Gasteiger partial charge in [-0.1, -0.05) is 12.1 Å². The van der Waals surface area contributed by atoms with Gasteiger partial charge in [0, 0.05) is 23.4 Å². The smallest absolute Gasteiger partial charge is 0.408 e. The zero-order chi connectivity index (χ0) is 15.9. The number of nitrogens with one attached hydrogen (secondary N) is 2. The highest BCUT2D eigenvalue weighted by Gasteiger charge is 2.19. The highest BCUT2D eigenvalue weighted by atomic mass is 32.2. The van der Waals surface area contributed by atoms with Crippen LogP contribution in [0.1, 0.15) is 20.8 Å². The van der Waals surface area contributed by atoms with E-state index in [1.54, 1.807) is 20.8 Å². The molecule has 21 heavy (non-hydrogen) atoms. The van der Waals surface area contributed by atoms with E-state index in [9.17, 15) is 9.59 Å². The van der Waals surface area contributed by atoms with Gasteiger partial charge in [-0.3, -0.25) is 0 Å². The molecule has 2 N–H and O–H groups in total. The maximum absolute atomic E-state index is 11.6. The van der Waals surface area contributed by atoms with Crippen molar-refractivity contribution in [2.45, 2.75) is 37.3 Å². The standard InChI is InChI=1S/C15H22N2O3S/c1-15(2,3)20-14(19)17-11(9-18)10-21-13-8-6-5-7-12(13)16-4/h5-9,11,16H,10H2,1-4H3,(H,17,19)/t11-/m1/s1. The Hall–Kier alpha value is -1.69. The first kappa shape index (κ1) is 17.4. The average molecular weight is 310 g/mol. The van der Waals surface area contributed by atoms with Gasteiger partial charge in [-0.15, -0.1) is 11.8 Å². The molecule has 1 rings (SSSR count). The second kappa shape index (κ2) is 7.93. The zero-order valence-corrected chi connectivity index (χ0v) is 13.6. The summed E-state index contributed by atoms with van der Waals surface area (Å²) in [5.74, 6) is 0.446. The number of carbonyl (C=O) groups is 2. The number of hydrogen-bond donors (Lipinski definition) is 2. The molecule has 6 heteroatoms. The molecule has 0 aliphatic heterocycles. The van der Waals surface area contributed by atoms with Gasteiger partial charge < -0.3 is 20.2 Å². The number of ether oxygens (including phenoxy) is 1. The van der Waals surface area contributed by atoms with Crippen molar-refractivity contribution < 1.29 is 14.3 Å². The van der Waals surface area contributed by atoms with Crippen LogP contribution < -0.4 is 10.6 Å². The van der Waals surface area contributed by atoms with Crippen molar-refractivity contribution in [1.29, 1.82) is 0 Å². The van der Waals surface area contributed by atoms with E-state index in [1.807, 2.05) is 31.3 Å². The molecule has 116 valence electrons. The van der Waals surface area contributed by atoms with Gasteiger partial charge in [0.05, 0.1) is 6.04 Å². The van der Waals surface area contributed by atoms with E-state index in [0.717, 1.165) is 16.9 Å². The molecule has 0 radical (unpaired) electrons. The molecule has 0 aliphatic rings. The third-order valence-corrected chi connectivity index (χ3v) is 3.63. The van der Waals surface area contributed by atoms with Crippen LogP contribution in [0.15, 0.2) is 29.2 Å². The molecule has 0 aromatic heterocycles. The minimum atomic E-state index is -0.588. The molecular weight excluding hydrogens is 288 g/mol. The van der Waals surface area contributed by atoms with Crippen LogP contribution in [0.3, 0.4) is 0 Å². The molecule has 0 heterocycles. The molecule has 0 aliphatic carbocycles. The SMILES string of the molecule is CNc1ccccc1SC[C@@H](C=O)NC(=O)OC(C)(C)C. The van der Waals surface area contributed by atoms with Gasteiger partial charge in [-0.25, -0.2) is 4.79 Å². The number of benzene rings is 1. The third kappa shape index (κ3) is 6.53. The van der Waals surface area contributed by atoms with Gasteiger partial charge in [0.25, 0.3) is 0 Å². The lowest BCUT2D eigenvalue weighted by molar-refractivity contribution is -0.109. The molecule has 1 atom stereocenters. The summed E-state index contributed by atoms with van der Waals surface area (Å²) in [6.07, 6.45) is 0.140. The van der Waals surface area contributed by atoms with Crippen molar-refractivity contribution in [1.82, 2.24) is 5.32 Å².